The Morgan fingerprint density at radius 1 is 1.14 bits per heavy atom. The molecule has 0 atom stereocenters. The molecule has 0 fully saturated rings. The van der Waals surface area contributed by atoms with Gasteiger partial charge in [-0.25, -0.2) is 4.79 Å². The maximum absolute atomic E-state index is 11.2. The summed E-state index contributed by atoms with van der Waals surface area (Å²) in [6, 6.07) is 4.12. The highest BCUT2D eigenvalue weighted by molar-refractivity contribution is 5.81. The molecule has 0 aliphatic rings. The van der Waals surface area contributed by atoms with E-state index in [9.17, 15) is 4.79 Å². The molecular formula is C11H14N2O. The third-order valence-corrected chi connectivity index (χ3v) is 2.54. The van der Waals surface area contributed by atoms with Crippen LogP contribution in [0.15, 0.2) is 16.9 Å². The lowest BCUT2D eigenvalue weighted by molar-refractivity contribution is 0.873. The van der Waals surface area contributed by atoms with Crippen molar-refractivity contribution < 1.29 is 0 Å². The van der Waals surface area contributed by atoms with Crippen molar-refractivity contribution >= 4 is 11.0 Å². The molecule has 2 rings (SSSR count). The molecule has 0 unspecified atom stereocenters. The summed E-state index contributed by atoms with van der Waals surface area (Å²) in [5, 5.41) is 0. The summed E-state index contributed by atoms with van der Waals surface area (Å²) in [5.41, 5.74) is 4.04. The van der Waals surface area contributed by atoms with E-state index in [2.05, 4.69) is 29.9 Å². The van der Waals surface area contributed by atoms with Gasteiger partial charge in [-0.2, -0.15) is 0 Å². The van der Waals surface area contributed by atoms with Gasteiger partial charge in [0.05, 0.1) is 11.0 Å². The third kappa shape index (κ3) is 1.25. The first-order valence-electron chi connectivity index (χ1n) is 4.81. The van der Waals surface area contributed by atoms with Gasteiger partial charge in [-0.3, -0.25) is 0 Å². The number of nitrogens with one attached hydrogen (secondary N) is 2. The number of benzene rings is 1. The number of rotatable bonds is 1. The molecule has 0 saturated heterocycles. The lowest BCUT2D eigenvalue weighted by Gasteiger charge is -2.07. The van der Waals surface area contributed by atoms with E-state index in [0.29, 0.717) is 5.92 Å². The molecule has 0 saturated carbocycles. The first-order valence-corrected chi connectivity index (χ1v) is 4.81. The number of hydrogen-bond donors (Lipinski definition) is 2. The van der Waals surface area contributed by atoms with E-state index in [1.165, 1.54) is 5.56 Å². The van der Waals surface area contributed by atoms with Crippen molar-refractivity contribution in [2.75, 3.05) is 0 Å². The second-order valence-corrected chi connectivity index (χ2v) is 3.96. The van der Waals surface area contributed by atoms with E-state index in [-0.39, 0.29) is 5.69 Å². The van der Waals surface area contributed by atoms with Crippen LogP contribution in [0.2, 0.25) is 0 Å². The fraction of sp³-hybridized carbons (Fsp3) is 0.364. The molecule has 0 radical (unpaired) electrons. The number of aromatic nitrogens is 2. The molecule has 3 heteroatoms. The van der Waals surface area contributed by atoms with E-state index in [1.54, 1.807) is 0 Å². The zero-order valence-corrected chi connectivity index (χ0v) is 8.64. The van der Waals surface area contributed by atoms with Gasteiger partial charge in [-0.1, -0.05) is 26.0 Å². The van der Waals surface area contributed by atoms with Crippen molar-refractivity contribution in [2.45, 2.75) is 26.7 Å². The fourth-order valence-electron chi connectivity index (χ4n) is 1.76. The van der Waals surface area contributed by atoms with Crippen molar-refractivity contribution in [3.63, 3.8) is 0 Å². The maximum atomic E-state index is 11.2. The van der Waals surface area contributed by atoms with Crippen LogP contribution >= 0.6 is 0 Å². The van der Waals surface area contributed by atoms with Crippen molar-refractivity contribution in [1.29, 1.82) is 0 Å². The average Bonchev–Trinajstić information content (AvgIpc) is 2.47. The Balaban J connectivity index is 2.87. The van der Waals surface area contributed by atoms with Gasteiger partial charge in [0.1, 0.15) is 0 Å². The highest BCUT2D eigenvalue weighted by Crippen LogP contribution is 2.23. The van der Waals surface area contributed by atoms with Crippen LogP contribution in [-0.2, 0) is 0 Å². The van der Waals surface area contributed by atoms with Crippen molar-refractivity contribution in [3.05, 3.63) is 33.7 Å². The minimum atomic E-state index is -0.129. The monoisotopic (exact) mass is 190 g/mol. The molecule has 3 nitrogen and oxygen atoms in total. The SMILES string of the molecule is Cc1ccc(C(C)C)c2[nH]c(=O)[nH]c12. The Morgan fingerprint density at radius 3 is 2.43 bits per heavy atom. The minimum absolute atomic E-state index is 0.129. The van der Waals surface area contributed by atoms with Crippen LogP contribution in [0.3, 0.4) is 0 Å². The summed E-state index contributed by atoms with van der Waals surface area (Å²) >= 11 is 0. The molecule has 1 heterocycles. The maximum Gasteiger partial charge on any atom is 0.323 e. The first-order chi connectivity index (χ1) is 6.59. The van der Waals surface area contributed by atoms with Gasteiger partial charge >= 0.3 is 5.69 Å². The quantitative estimate of drug-likeness (QED) is 0.712. The summed E-state index contributed by atoms with van der Waals surface area (Å²) in [6.07, 6.45) is 0. The summed E-state index contributed by atoms with van der Waals surface area (Å²) in [7, 11) is 0. The Labute approximate surface area is 82.2 Å². The van der Waals surface area contributed by atoms with Crippen LogP contribution in [0.1, 0.15) is 30.9 Å². The number of hydrogen-bond acceptors (Lipinski definition) is 1. The number of H-pyrrole nitrogens is 2. The Kier molecular flexibility index (Phi) is 1.95. The summed E-state index contributed by atoms with van der Waals surface area (Å²) in [6.45, 7) is 6.24. The molecular weight excluding hydrogens is 176 g/mol. The minimum Gasteiger partial charge on any atom is -0.305 e. The smallest absolute Gasteiger partial charge is 0.305 e. The molecule has 2 aromatic rings. The summed E-state index contributed by atoms with van der Waals surface area (Å²) < 4.78 is 0. The van der Waals surface area contributed by atoms with E-state index in [4.69, 9.17) is 0 Å². The number of aryl methyl sites for hydroxylation is 1. The molecule has 0 aliphatic carbocycles. The molecule has 0 aliphatic heterocycles. The normalized spacial score (nSPS) is 11.4. The van der Waals surface area contributed by atoms with E-state index >= 15 is 0 Å². The van der Waals surface area contributed by atoms with E-state index < -0.39 is 0 Å². The van der Waals surface area contributed by atoms with Gasteiger partial charge in [0, 0.05) is 0 Å². The number of aromatic amines is 2. The van der Waals surface area contributed by atoms with Crippen LogP contribution in [0, 0.1) is 6.92 Å². The van der Waals surface area contributed by atoms with Crippen molar-refractivity contribution in [1.82, 2.24) is 9.97 Å². The predicted octanol–water partition coefficient (Wildman–Crippen LogP) is 2.29. The van der Waals surface area contributed by atoms with Crippen LogP contribution in [0.5, 0.6) is 0 Å². The first kappa shape index (κ1) is 9.06. The van der Waals surface area contributed by atoms with E-state index in [0.717, 1.165) is 16.6 Å². The largest absolute Gasteiger partial charge is 0.323 e. The van der Waals surface area contributed by atoms with Crippen LogP contribution in [0.25, 0.3) is 11.0 Å². The molecule has 0 spiro atoms. The summed E-state index contributed by atoms with van der Waals surface area (Å²) in [4.78, 5) is 16.9. The van der Waals surface area contributed by atoms with Gasteiger partial charge in [0.15, 0.2) is 0 Å². The zero-order chi connectivity index (χ0) is 10.3. The second kappa shape index (κ2) is 3.01. The third-order valence-electron chi connectivity index (χ3n) is 2.54. The standard InChI is InChI=1S/C11H14N2O/c1-6(2)8-5-4-7(3)9-10(8)13-11(14)12-9/h4-6H,1-3H3,(H2,12,13,14). The van der Waals surface area contributed by atoms with Crippen LogP contribution < -0.4 is 5.69 Å². The highest BCUT2D eigenvalue weighted by atomic mass is 16.1. The Hall–Kier alpha value is -1.51. The highest BCUT2D eigenvalue weighted by Gasteiger charge is 2.09. The fourth-order valence-corrected chi connectivity index (χ4v) is 1.76. The molecule has 14 heavy (non-hydrogen) atoms. The van der Waals surface area contributed by atoms with E-state index in [1.807, 2.05) is 13.0 Å². The van der Waals surface area contributed by atoms with Crippen molar-refractivity contribution in [3.8, 4) is 0 Å². The molecule has 0 bridgehead atoms. The topological polar surface area (TPSA) is 48.6 Å². The zero-order valence-electron chi connectivity index (χ0n) is 8.64. The van der Waals surface area contributed by atoms with Crippen molar-refractivity contribution in [2.24, 2.45) is 0 Å². The predicted molar refractivity (Wildman–Crippen MR) is 57.7 cm³/mol. The van der Waals surface area contributed by atoms with Gasteiger partial charge in [-0.15, -0.1) is 0 Å². The van der Waals surface area contributed by atoms with Gasteiger partial charge < -0.3 is 9.97 Å². The molecule has 0 amide bonds. The average molecular weight is 190 g/mol. The molecule has 1 aromatic carbocycles. The van der Waals surface area contributed by atoms with Gasteiger partial charge in [0.25, 0.3) is 0 Å². The summed E-state index contributed by atoms with van der Waals surface area (Å²) in [5.74, 6) is 0.421. The lowest BCUT2D eigenvalue weighted by Crippen LogP contribution is -1.99. The number of imidazole rings is 1. The molecule has 2 N–H and O–H groups in total. The Bertz CT molecular complexity index is 520. The van der Waals surface area contributed by atoms with Crippen LogP contribution in [0.4, 0.5) is 0 Å². The van der Waals surface area contributed by atoms with Crippen LogP contribution in [-0.4, -0.2) is 9.97 Å². The molecule has 74 valence electrons. The second-order valence-electron chi connectivity index (χ2n) is 3.96. The lowest BCUT2D eigenvalue weighted by atomic mass is 10.00. The van der Waals surface area contributed by atoms with Gasteiger partial charge in [-0.05, 0) is 24.0 Å². The Morgan fingerprint density at radius 2 is 1.79 bits per heavy atom. The molecule has 1 aromatic heterocycles. The van der Waals surface area contributed by atoms with Gasteiger partial charge in [0.2, 0.25) is 0 Å². The number of fused-ring (bicyclic) bond motifs is 1.